The van der Waals surface area contributed by atoms with Gasteiger partial charge in [-0.15, -0.1) is 11.3 Å². The fourth-order valence-electron chi connectivity index (χ4n) is 3.02. The SMILES string of the molecule is C[C@@H](NC(=O)c1ncnc(-c2ncc[nH]2)c1Cl)c1ncc(C(=O)Nc2ccc(Cl)c(C(F)(F)F)c2)s1. The number of benzene rings is 1. The fraction of sp³-hybridized carbons (Fsp3) is 0.143. The zero-order valence-electron chi connectivity index (χ0n) is 18.0. The van der Waals surface area contributed by atoms with Crippen molar-refractivity contribution in [2.24, 2.45) is 0 Å². The molecule has 0 aliphatic heterocycles. The Hall–Kier alpha value is -3.55. The van der Waals surface area contributed by atoms with Gasteiger partial charge in [-0.25, -0.2) is 19.9 Å². The van der Waals surface area contributed by atoms with Crippen LogP contribution in [0.5, 0.6) is 0 Å². The number of H-pyrrole nitrogens is 1. The zero-order chi connectivity index (χ0) is 26.0. The van der Waals surface area contributed by atoms with Crippen molar-refractivity contribution in [1.29, 1.82) is 0 Å². The van der Waals surface area contributed by atoms with E-state index in [9.17, 15) is 22.8 Å². The summed E-state index contributed by atoms with van der Waals surface area (Å²) in [6, 6.07) is 2.40. The highest BCUT2D eigenvalue weighted by Crippen LogP contribution is 2.36. The average Bonchev–Trinajstić information content (AvgIpc) is 3.52. The summed E-state index contributed by atoms with van der Waals surface area (Å²) in [4.78, 5) is 44.5. The first-order chi connectivity index (χ1) is 17.0. The van der Waals surface area contributed by atoms with E-state index in [0.717, 1.165) is 23.5 Å². The number of thiazole rings is 1. The summed E-state index contributed by atoms with van der Waals surface area (Å²) in [5.74, 6) is -0.914. The van der Waals surface area contributed by atoms with E-state index in [1.54, 1.807) is 13.1 Å². The third-order valence-electron chi connectivity index (χ3n) is 4.72. The summed E-state index contributed by atoms with van der Waals surface area (Å²) in [5.41, 5.74) is -0.984. The van der Waals surface area contributed by atoms with E-state index in [2.05, 4.69) is 35.6 Å². The first kappa shape index (κ1) is 25.5. The molecule has 2 amide bonds. The predicted octanol–water partition coefficient (Wildman–Crippen LogP) is 5.39. The minimum Gasteiger partial charge on any atom is -0.343 e. The lowest BCUT2D eigenvalue weighted by Crippen LogP contribution is -2.28. The van der Waals surface area contributed by atoms with Crippen molar-refractivity contribution in [2.45, 2.75) is 19.1 Å². The first-order valence-corrected chi connectivity index (χ1v) is 11.6. The van der Waals surface area contributed by atoms with E-state index in [1.807, 2.05) is 0 Å². The van der Waals surface area contributed by atoms with Crippen molar-refractivity contribution in [3.8, 4) is 11.5 Å². The number of hydrogen-bond acceptors (Lipinski definition) is 7. The van der Waals surface area contributed by atoms with Crippen LogP contribution in [0.3, 0.4) is 0 Å². The van der Waals surface area contributed by atoms with Gasteiger partial charge in [0, 0.05) is 18.1 Å². The second kappa shape index (κ2) is 10.2. The molecular formula is C21H14Cl2F3N7O2S. The summed E-state index contributed by atoms with van der Waals surface area (Å²) in [6.07, 6.45) is 0.845. The van der Waals surface area contributed by atoms with Crippen molar-refractivity contribution < 1.29 is 22.8 Å². The van der Waals surface area contributed by atoms with Gasteiger partial charge in [0.1, 0.15) is 26.9 Å². The van der Waals surface area contributed by atoms with Gasteiger partial charge in [0.2, 0.25) is 0 Å². The number of imidazole rings is 1. The van der Waals surface area contributed by atoms with Crippen LogP contribution >= 0.6 is 34.5 Å². The lowest BCUT2D eigenvalue weighted by molar-refractivity contribution is -0.137. The van der Waals surface area contributed by atoms with Crippen molar-refractivity contribution in [3.05, 3.63) is 74.3 Å². The average molecular weight is 556 g/mol. The van der Waals surface area contributed by atoms with Gasteiger partial charge >= 0.3 is 6.18 Å². The van der Waals surface area contributed by atoms with Gasteiger partial charge in [0.05, 0.1) is 22.8 Å². The summed E-state index contributed by atoms with van der Waals surface area (Å²) in [6.45, 7) is 1.63. The molecule has 0 saturated heterocycles. The Bertz CT molecular complexity index is 1430. The molecule has 0 saturated carbocycles. The molecule has 0 fully saturated rings. The molecule has 1 atom stereocenters. The number of halogens is 5. The maximum Gasteiger partial charge on any atom is 0.417 e. The standard InChI is InChI=1S/C21H14Cl2F3N7O2S/c1-9(32-19(35)16-14(23)15(30-8-31-16)17-27-4-5-28-17)20-29-7-13(36-20)18(34)33-10-2-3-12(22)11(6-10)21(24,25)26/h2-9H,1H3,(H,27,28)(H,32,35)(H,33,34)/t9-/m1/s1. The highest BCUT2D eigenvalue weighted by Gasteiger charge is 2.33. The number of hydrogen-bond donors (Lipinski definition) is 3. The van der Waals surface area contributed by atoms with Crippen LogP contribution in [0.4, 0.5) is 18.9 Å². The molecular weight excluding hydrogens is 542 g/mol. The molecule has 3 heterocycles. The second-order valence-electron chi connectivity index (χ2n) is 7.23. The third kappa shape index (κ3) is 5.48. The first-order valence-electron chi connectivity index (χ1n) is 9.99. The Morgan fingerprint density at radius 2 is 1.89 bits per heavy atom. The maximum absolute atomic E-state index is 13.1. The maximum atomic E-state index is 13.1. The van der Waals surface area contributed by atoms with Crippen LogP contribution in [-0.2, 0) is 6.18 Å². The van der Waals surface area contributed by atoms with Gasteiger partial charge in [0.25, 0.3) is 11.8 Å². The molecule has 0 aliphatic carbocycles. The number of nitrogens with one attached hydrogen (secondary N) is 3. The van der Waals surface area contributed by atoms with Crippen LogP contribution < -0.4 is 10.6 Å². The van der Waals surface area contributed by atoms with E-state index in [-0.39, 0.29) is 27.0 Å². The Labute approximate surface area is 215 Å². The summed E-state index contributed by atoms with van der Waals surface area (Å²) in [7, 11) is 0. The topological polar surface area (TPSA) is 126 Å². The van der Waals surface area contributed by atoms with E-state index < -0.39 is 34.6 Å². The molecule has 4 aromatic rings. The quantitative estimate of drug-likeness (QED) is 0.293. The molecule has 0 spiro atoms. The second-order valence-corrected chi connectivity index (χ2v) is 9.07. The highest BCUT2D eigenvalue weighted by molar-refractivity contribution is 7.13. The fourth-order valence-corrected chi connectivity index (χ4v) is 4.33. The number of aromatic nitrogens is 5. The number of carbonyl (C=O) groups is 2. The molecule has 0 aliphatic rings. The number of aromatic amines is 1. The van der Waals surface area contributed by atoms with Crippen molar-refractivity contribution >= 4 is 52.0 Å². The van der Waals surface area contributed by atoms with Gasteiger partial charge in [-0.2, -0.15) is 13.2 Å². The molecule has 3 aromatic heterocycles. The molecule has 186 valence electrons. The minimum atomic E-state index is -4.67. The van der Waals surface area contributed by atoms with Gasteiger partial charge in [-0.05, 0) is 25.1 Å². The van der Waals surface area contributed by atoms with Crippen molar-refractivity contribution in [1.82, 2.24) is 30.2 Å². The van der Waals surface area contributed by atoms with Crippen LogP contribution in [0.2, 0.25) is 10.0 Å². The molecule has 15 heteroatoms. The third-order valence-corrected chi connectivity index (χ3v) is 6.59. The summed E-state index contributed by atoms with van der Waals surface area (Å²) < 4.78 is 39.2. The zero-order valence-corrected chi connectivity index (χ0v) is 20.4. The molecule has 1 aromatic carbocycles. The lowest BCUT2D eigenvalue weighted by atomic mass is 10.2. The van der Waals surface area contributed by atoms with Gasteiger partial charge in [0.15, 0.2) is 11.5 Å². The summed E-state index contributed by atoms with van der Waals surface area (Å²) in [5, 5.41) is 4.97. The van der Waals surface area contributed by atoms with Crippen LogP contribution in [0, 0.1) is 0 Å². The Morgan fingerprint density at radius 1 is 1.11 bits per heavy atom. The largest absolute Gasteiger partial charge is 0.417 e. The number of anilines is 1. The van der Waals surface area contributed by atoms with Crippen LogP contribution in [0.1, 0.15) is 43.7 Å². The minimum absolute atomic E-state index is 0.00227. The molecule has 9 nitrogen and oxygen atoms in total. The molecule has 0 unspecified atom stereocenters. The molecule has 4 rings (SSSR count). The molecule has 3 N–H and O–H groups in total. The van der Waals surface area contributed by atoms with E-state index in [0.29, 0.717) is 10.8 Å². The number of amides is 2. The number of carbonyl (C=O) groups excluding carboxylic acids is 2. The normalized spacial score (nSPS) is 12.3. The molecule has 0 bridgehead atoms. The molecule has 0 radical (unpaired) electrons. The van der Waals surface area contributed by atoms with Crippen LogP contribution in [-0.4, -0.2) is 36.7 Å². The van der Waals surface area contributed by atoms with E-state index >= 15 is 0 Å². The van der Waals surface area contributed by atoms with Gasteiger partial charge < -0.3 is 15.6 Å². The van der Waals surface area contributed by atoms with Gasteiger partial charge in [-0.3, -0.25) is 9.59 Å². The number of nitrogens with zero attached hydrogens (tertiary/aromatic N) is 4. The van der Waals surface area contributed by atoms with E-state index in [1.165, 1.54) is 24.8 Å². The number of rotatable bonds is 6. The highest BCUT2D eigenvalue weighted by atomic mass is 35.5. The van der Waals surface area contributed by atoms with Crippen molar-refractivity contribution in [3.63, 3.8) is 0 Å². The van der Waals surface area contributed by atoms with Crippen LogP contribution in [0.25, 0.3) is 11.5 Å². The Balaban J connectivity index is 1.45. The smallest absolute Gasteiger partial charge is 0.343 e. The Morgan fingerprint density at radius 3 is 2.58 bits per heavy atom. The lowest BCUT2D eigenvalue weighted by Gasteiger charge is -2.12. The van der Waals surface area contributed by atoms with Gasteiger partial charge in [-0.1, -0.05) is 23.2 Å². The number of alkyl halides is 3. The molecule has 36 heavy (non-hydrogen) atoms. The van der Waals surface area contributed by atoms with E-state index in [4.69, 9.17) is 23.2 Å². The summed E-state index contributed by atoms with van der Waals surface area (Å²) >= 11 is 12.9. The Kier molecular flexibility index (Phi) is 7.24. The van der Waals surface area contributed by atoms with Crippen LogP contribution in [0.15, 0.2) is 43.1 Å². The predicted molar refractivity (Wildman–Crippen MR) is 127 cm³/mol. The monoisotopic (exact) mass is 555 g/mol. The van der Waals surface area contributed by atoms with Crippen molar-refractivity contribution in [2.75, 3.05) is 5.32 Å².